The molecule has 0 radical (unpaired) electrons. The van der Waals surface area contributed by atoms with Crippen molar-refractivity contribution in [2.75, 3.05) is 19.7 Å². The van der Waals surface area contributed by atoms with Crippen molar-refractivity contribution >= 4 is 23.0 Å². The number of hydrogen-bond donors (Lipinski definition) is 3. The van der Waals surface area contributed by atoms with E-state index >= 15 is 0 Å². The second-order valence-corrected chi connectivity index (χ2v) is 11.1. The van der Waals surface area contributed by atoms with Crippen LogP contribution in [0.3, 0.4) is 0 Å². The van der Waals surface area contributed by atoms with Crippen molar-refractivity contribution in [3.05, 3.63) is 29.6 Å². The fourth-order valence-electron chi connectivity index (χ4n) is 4.19. The molecule has 2 atom stereocenters. The molecule has 3 N–H and O–H groups in total. The number of carbonyl (C=O) groups is 2. The summed E-state index contributed by atoms with van der Waals surface area (Å²) in [6.45, 7) is 4.58. The first-order valence-electron chi connectivity index (χ1n) is 12.9. The molecule has 1 fully saturated rings. The van der Waals surface area contributed by atoms with Crippen LogP contribution in [0, 0.1) is 17.7 Å². The highest BCUT2D eigenvalue weighted by molar-refractivity contribution is 7.83. The van der Waals surface area contributed by atoms with Gasteiger partial charge in [0.1, 0.15) is 22.8 Å². The average Bonchev–Trinajstić information content (AvgIpc) is 2.89. The molecule has 8 nitrogen and oxygen atoms in total. The lowest BCUT2D eigenvalue weighted by molar-refractivity contribution is -0.365. The van der Waals surface area contributed by atoms with E-state index in [0.29, 0.717) is 37.9 Å². The summed E-state index contributed by atoms with van der Waals surface area (Å²) in [5.41, 5.74) is -1.18. The van der Waals surface area contributed by atoms with Gasteiger partial charge in [0.15, 0.2) is 0 Å². The number of halogens is 4. The Morgan fingerprint density at radius 2 is 1.82 bits per heavy atom. The fourth-order valence-corrected chi connectivity index (χ4v) is 5.25. The zero-order valence-corrected chi connectivity index (χ0v) is 22.5. The molecule has 0 bridgehead atoms. The largest absolute Gasteiger partial charge is 0.449 e. The van der Waals surface area contributed by atoms with Crippen LogP contribution in [0.5, 0.6) is 0 Å². The van der Waals surface area contributed by atoms with Gasteiger partial charge in [-0.2, -0.15) is 8.78 Å². The highest BCUT2D eigenvalue weighted by atomic mass is 32.2. The number of alkyl carbamates (subject to hydrolysis) is 1. The summed E-state index contributed by atoms with van der Waals surface area (Å²) in [5.74, 6) is -0.904. The normalized spacial score (nSPS) is 16.2. The zero-order chi connectivity index (χ0) is 28.1. The lowest BCUT2D eigenvalue weighted by atomic mass is 9.90. The van der Waals surface area contributed by atoms with Gasteiger partial charge in [0.2, 0.25) is 5.91 Å². The van der Waals surface area contributed by atoms with Crippen molar-refractivity contribution in [1.82, 2.24) is 15.4 Å². The molecule has 38 heavy (non-hydrogen) atoms. The van der Waals surface area contributed by atoms with Gasteiger partial charge in [-0.25, -0.2) is 18.1 Å². The monoisotopic (exact) mass is 567 g/mol. The smallest absolute Gasteiger partial charge is 0.414 e. The number of rotatable bonds is 15. The van der Waals surface area contributed by atoms with Gasteiger partial charge in [-0.3, -0.25) is 4.79 Å². The second kappa shape index (κ2) is 16.0. The van der Waals surface area contributed by atoms with Gasteiger partial charge in [0.25, 0.3) is 0 Å². The lowest BCUT2D eigenvalue weighted by Gasteiger charge is -2.23. The van der Waals surface area contributed by atoms with Crippen LogP contribution in [0.4, 0.5) is 22.5 Å². The third-order valence-electron chi connectivity index (χ3n) is 6.18. The van der Waals surface area contributed by atoms with Gasteiger partial charge in [0, 0.05) is 13.1 Å². The molecule has 1 saturated carbocycles. The molecule has 0 spiro atoms. The maximum atomic E-state index is 13.6. The minimum atomic E-state index is -4.46. The maximum absolute atomic E-state index is 13.6. The molecule has 2 amide bonds. The molecule has 2 rings (SSSR count). The fraction of sp³-hybridized carbons (Fsp3) is 0.680. The van der Waals surface area contributed by atoms with Crippen LogP contribution in [-0.4, -0.2) is 41.9 Å². The van der Waals surface area contributed by atoms with Crippen molar-refractivity contribution in [3.8, 4) is 0 Å². The lowest BCUT2D eigenvalue weighted by Crippen LogP contribution is -2.48. The van der Waals surface area contributed by atoms with Crippen molar-refractivity contribution in [3.63, 3.8) is 0 Å². The van der Waals surface area contributed by atoms with Crippen molar-refractivity contribution in [2.45, 2.75) is 82.3 Å². The molecule has 0 aliphatic heterocycles. The molecule has 1 aromatic carbocycles. The predicted molar refractivity (Wildman–Crippen MR) is 133 cm³/mol. The van der Waals surface area contributed by atoms with Crippen LogP contribution in [0.15, 0.2) is 23.1 Å². The molecular weight excluding hydrogens is 530 g/mol. The first-order valence-corrected chi connectivity index (χ1v) is 14.0. The molecular formula is C25H37F4N3O5S. The summed E-state index contributed by atoms with van der Waals surface area (Å²) in [4.78, 5) is 27.0. The highest BCUT2D eigenvalue weighted by Gasteiger charge is 2.38. The van der Waals surface area contributed by atoms with Crippen molar-refractivity contribution < 1.29 is 41.2 Å². The zero-order valence-electron chi connectivity index (χ0n) is 21.7. The Hall–Kier alpha value is -2.25. The van der Waals surface area contributed by atoms with E-state index in [9.17, 15) is 31.5 Å². The van der Waals surface area contributed by atoms with E-state index < -0.39 is 45.5 Å². The highest BCUT2D eigenvalue weighted by Crippen LogP contribution is 2.34. The standard InChI is InChI=1S/C25H37F4N3O5S/c1-17(2)14-21(32-24(34)36-16-18-8-4-3-5-9-18)23(33)30-12-6-7-13-31-38(35)22-11-10-19(26)15-20(22)25(27,28)37-29/h10-11,15,17-18,21,31H,3-9,12-14,16H2,1-2H3,(H,30,33)(H,32,34). The van der Waals surface area contributed by atoms with E-state index in [1.165, 1.54) is 6.42 Å². The van der Waals surface area contributed by atoms with Crippen LogP contribution in [0.1, 0.15) is 70.8 Å². The summed E-state index contributed by atoms with van der Waals surface area (Å²) >= 11 is 0. The summed E-state index contributed by atoms with van der Waals surface area (Å²) in [7, 11) is -2.18. The summed E-state index contributed by atoms with van der Waals surface area (Å²) in [6.07, 6.45) is 1.77. The Bertz CT molecular complexity index is 932. The first kappa shape index (κ1) is 32.0. The number of alkyl halides is 2. The Morgan fingerprint density at radius 1 is 1.13 bits per heavy atom. The number of amides is 2. The third-order valence-corrected chi connectivity index (χ3v) is 7.40. The number of nitrogens with one attached hydrogen (secondary N) is 3. The van der Waals surface area contributed by atoms with E-state index in [0.717, 1.165) is 37.8 Å². The maximum Gasteiger partial charge on any atom is 0.414 e. The Kier molecular flexibility index (Phi) is 13.5. The molecule has 1 aromatic rings. The number of hydrogen-bond acceptors (Lipinski definition) is 5. The molecule has 1 aliphatic rings. The Labute approximate surface area is 223 Å². The SMILES string of the molecule is CC(C)CC(NC(=O)OCC1CCCCC1)C(=O)NCCCCNS(=O)c1ccc(F)cc1C(F)(F)OF. The number of carbonyl (C=O) groups excluding carboxylic acids is 2. The summed E-state index contributed by atoms with van der Waals surface area (Å²) in [6, 6.07) is 1.30. The molecule has 1 aliphatic carbocycles. The van der Waals surface area contributed by atoms with Crippen LogP contribution >= 0.6 is 0 Å². The van der Waals surface area contributed by atoms with Crippen molar-refractivity contribution in [2.24, 2.45) is 11.8 Å². The van der Waals surface area contributed by atoms with Crippen LogP contribution in [0.2, 0.25) is 0 Å². The minimum Gasteiger partial charge on any atom is -0.449 e. The van der Waals surface area contributed by atoms with E-state index in [1.807, 2.05) is 13.8 Å². The van der Waals surface area contributed by atoms with Gasteiger partial charge in [-0.15, -0.1) is 4.94 Å². The molecule has 2 unspecified atom stereocenters. The third kappa shape index (κ3) is 10.9. The van der Waals surface area contributed by atoms with E-state index in [1.54, 1.807) is 0 Å². The molecule has 0 heterocycles. The average molecular weight is 568 g/mol. The topological polar surface area (TPSA) is 106 Å². The van der Waals surface area contributed by atoms with Crippen LogP contribution in [0.25, 0.3) is 0 Å². The number of benzene rings is 1. The Balaban J connectivity index is 1.75. The van der Waals surface area contributed by atoms with Gasteiger partial charge >= 0.3 is 12.2 Å². The molecule has 0 saturated heterocycles. The van der Waals surface area contributed by atoms with Gasteiger partial charge in [-0.05, 0) is 66.7 Å². The summed E-state index contributed by atoms with van der Waals surface area (Å²) < 4.78 is 73.0. The van der Waals surface area contributed by atoms with Crippen molar-refractivity contribution in [1.29, 1.82) is 0 Å². The van der Waals surface area contributed by atoms with Crippen LogP contribution < -0.4 is 15.4 Å². The number of ether oxygens (including phenoxy) is 1. The summed E-state index contributed by atoms with van der Waals surface area (Å²) in [5, 5.41) is 5.40. The first-order chi connectivity index (χ1) is 18.0. The van der Waals surface area contributed by atoms with E-state index in [2.05, 4.69) is 20.3 Å². The molecule has 216 valence electrons. The van der Waals surface area contributed by atoms with Gasteiger partial charge < -0.3 is 15.4 Å². The number of unbranched alkanes of at least 4 members (excludes halogenated alkanes) is 1. The van der Waals surface area contributed by atoms with Crippen LogP contribution in [-0.2, 0) is 31.6 Å². The van der Waals surface area contributed by atoms with Gasteiger partial charge in [-0.1, -0.05) is 33.1 Å². The second-order valence-electron chi connectivity index (χ2n) is 9.82. The van der Waals surface area contributed by atoms with E-state index in [4.69, 9.17) is 4.74 Å². The predicted octanol–water partition coefficient (Wildman–Crippen LogP) is 5.01. The molecule has 0 aromatic heterocycles. The minimum absolute atomic E-state index is 0.114. The quantitative estimate of drug-likeness (QED) is 0.204. The Morgan fingerprint density at radius 3 is 2.47 bits per heavy atom. The molecule has 13 heteroatoms. The van der Waals surface area contributed by atoms with E-state index in [-0.39, 0.29) is 24.9 Å². The van der Waals surface area contributed by atoms with Gasteiger partial charge in [0.05, 0.1) is 17.1 Å².